The van der Waals surface area contributed by atoms with Crippen molar-refractivity contribution in [3.63, 3.8) is 0 Å². The van der Waals surface area contributed by atoms with Gasteiger partial charge in [-0.25, -0.2) is 0 Å². The lowest BCUT2D eigenvalue weighted by molar-refractivity contribution is 0.458. The molecule has 0 saturated carbocycles. The lowest BCUT2D eigenvalue weighted by atomic mass is 9.88. The van der Waals surface area contributed by atoms with Gasteiger partial charge in [0.2, 0.25) is 0 Å². The minimum Gasteiger partial charge on any atom is -0.507 e. The third kappa shape index (κ3) is 3.62. The summed E-state index contributed by atoms with van der Waals surface area (Å²) in [6, 6.07) is 11.2. The highest BCUT2D eigenvalue weighted by atomic mass is 16.3. The first-order valence-corrected chi connectivity index (χ1v) is 8.02. The molecule has 2 N–H and O–H groups in total. The van der Waals surface area contributed by atoms with Crippen LogP contribution in [0.3, 0.4) is 0 Å². The van der Waals surface area contributed by atoms with Gasteiger partial charge in [0.1, 0.15) is 11.5 Å². The van der Waals surface area contributed by atoms with Gasteiger partial charge >= 0.3 is 0 Å². The van der Waals surface area contributed by atoms with E-state index in [1.807, 2.05) is 18.2 Å². The Kier molecular flexibility index (Phi) is 5.12. The van der Waals surface area contributed by atoms with Crippen molar-refractivity contribution in [2.24, 2.45) is 11.8 Å². The van der Waals surface area contributed by atoms with Crippen molar-refractivity contribution in [2.45, 2.75) is 40.5 Å². The Morgan fingerprint density at radius 3 is 2.00 bits per heavy atom. The summed E-state index contributed by atoms with van der Waals surface area (Å²) >= 11 is 0. The molecule has 0 aromatic heterocycles. The standard InChI is InChI=1S/C20H26O2/c1-13(2)11-15-9-10-17(16-7-5-6-8-19(16)21)20(22)18(15)12-14(3)4/h5-10,13-14,21-22H,11-12H2,1-4H3. The van der Waals surface area contributed by atoms with Crippen LogP contribution in [0.2, 0.25) is 0 Å². The second-order valence-electron chi connectivity index (χ2n) is 6.81. The lowest BCUT2D eigenvalue weighted by Gasteiger charge is -2.18. The number of rotatable bonds is 5. The van der Waals surface area contributed by atoms with Gasteiger partial charge in [0.15, 0.2) is 0 Å². The van der Waals surface area contributed by atoms with Crippen molar-refractivity contribution >= 4 is 0 Å². The molecule has 22 heavy (non-hydrogen) atoms. The fourth-order valence-electron chi connectivity index (χ4n) is 2.86. The van der Waals surface area contributed by atoms with E-state index in [1.165, 1.54) is 5.56 Å². The molecule has 0 bridgehead atoms. The van der Waals surface area contributed by atoms with Gasteiger partial charge in [0.25, 0.3) is 0 Å². The van der Waals surface area contributed by atoms with Gasteiger partial charge in [-0.1, -0.05) is 58.0 Å². The number of hydrogen-bond acceptors (Lipinski definition) is 2. The number of para-hydroxylation sites is 1. The predicted molar refractivity (Wildman–Crippen MR) is 92.3 cm³/mol. The van der Waals surface area contributed by atoms with Crippen LogP contribution in [0.5, 0.6) is 11.5 Å². The van der Waals surface area contributed by atoms with Gasteiger partial charge in [0.05, 0.1) is 0 Å². The molecule has 2 aromatic rings. The Balaban J connectivity index is 2.56. The Morgan fingerprint density at radius 2 is 1.41 bits per heavy atom. The molecular weight excluding hydrogens is 272 g/mol. The van der Waals surface area contributed by atoms with Crippen LogP contribution in [0, 0.1) is 11.8 Å². The number of phenols is 2. The molecule has 0 amide bonds. The molecule has 0 fully saturated rings. The van der Waals surface area contributed by atoms with Crippen LogP contribution in [0.4, 0.5) is 0 Å². The molecule has 2 rings (SSSR count). The van der Waals surface area contributed by atoms with E-state index in [-0.39, 0.29) is 5.75 Å². The maximum Gasteiger partial charge on any atom is 0.127 e. The number of aromatic hydroxyl groups is 2. The third-order valence-electron chi connectivity index (χ3n) is 3.81. The van der Waals surface area contributed by atoms with Gasteiger partial charge in [-0.3, -0.25) is 0 Å². The largest absolute Gasteiger partial charge is 0.507 e. The quantitative estimate of drug-likeness (QED) is 0.800. The number of hydrogen-bond donors (Lipinski definition) is 2. The van der Waals surface area contributed by atoms with Crippen LogP contribution < -0.4 is 0 Å². The van der Waals surface area contributed by atoms with Gasteiger partial charge in [-0.05, 0) is 41.9 Å². The zero-order chi connectivity index (χ0) is 16.3. The molecule has 0 aliphatic carbocycles. The molecule has 0 heterocycles. The normalized spacial score (nSPS) is 11.4. The molecule has 2 aromatic carbocycles. The van der Waals surface area contributed by atoms with Crippen molar-refractivity contribution in [3.8, 4) is 22.6 Å². The maximum absolute atomic E-state index is 10.8. The Morgan fingerprint density at radius 1 is 0.773 bits per heavy atom. The summed E-state index contributed by atoms with van der Waals surface area (Å²) in [5.41, 5.74) is 3.62. The molecule has 2 heteroatoms. The van der Waals surface area contributed by atoms with E-state index in [0.29, 0.717) is 28.7 Å². The molecule has 0 atom stereocenters. The molecule has 0 radical (unpaired) electrons. The summed E-state index contributed by atoms with van der Waals surface area (Å²) in [6.45, 7) is 8.69. The Labute approximate surface area is 133 Å². The molecular formula is C20H26O2. The van der Waals surface area contributed by atoms with E-state index in [2.05, 4.69) is 33.8 Å². The van der Waals surface area contributed by atoms with Crippen molar-refractivity contribution < 1.29 is 10.2 Å². The minimum absolute atomic E-state index is 0.199. The average molecular weight is 298 g/mol. The van der Waals surface area contributed by atoms with Crippen molar-refractivity contribution in [1.82, 2.24) is 0 Å². The Hall–Kier alpha value is -1.96. The monoisotopic (exact) mass is 298 g/mol. The van der Waals surface area contributed by atoms with Crippen molar-refractivity contribution in [1.29, 1.82) is 0 Å². The summed E-state index contributed by atoms with van der Waals surface area (Å²) in [4.78, 5) is 0. The summed E-state index contributed by atoms with van der Waals surface area (Å²) < 4.78 is 0. The third-order valence-corrected chi connectivity index (χ3v) is 3.81. The minimum atomic E-state index is 0.199. The van der Waals surface area contributed by atoms with E-state index < -0.39 is 0 Å². The molecule has 0 spiro atoms. The fraction of sp³-hybridized carbons (Fsp3) is 0.400. The molecule has 0 unspecified atom stereocenters. The van der Waals surface area contributed by atoms with Crippen LogP contribution >= 0.6 is 0 Å². The number of phenolic OH excluding ortho intramolecular Hbond substituents is 2. The summed E-state index contributed by atoms with van der Waals surface area (Å²) in [5, 5.41) is 20.9. The van der Waals surface area contributed by atoms with E-state index in [4.69, 9.17) is 0 Å². The van der Waals surface area contributed by atoms with E-state index >= 15 is 0 Å². The van der Waals surface area contributed by atoms with Gasteiger partial charge in [0, 0.05) is 11.1 Å². The average Bonchev–Trinajstić information content (AvgIpc) is 2.43. The summed E-state index contributed by atoms with van der Waals surface area (Å²) in [5.74, 6) is 1.52. The molecule has 0 aliphatic rings. The van der Waals surface area contributed by atoms with Crippen LogP contribution in [0.15, 0.2) is 36.4 Å². The van der Waals surface area contributed by atoms with Crippen LogP contribution in [-0.2, 0) is 12.8 Å². The molecule has 0 aliphatic heterocycles. The van der Waals surface area contributed by atoms with Gasteiger partial charge in [-0.15, -0.1) is 0 Å². The second-order valence-corrected chi connectivity index (χ2v) is 6.81. The zero-order valence-corrected chi connectivity index (χ0v) is 13.9. The maximum atomic E-state index is 10.8. The fourth-order valence-corrected chi connectivity index (χ4v) is 2.86. The molecule has 118 valence electrons. The second kappa shape index (κ2) is 6.87. The van der Waals surface area contributed by atoms with Crippen molar-refractivity contribution in [2.75, 3.05) is 0 Å². The van der Waals surface area contributed by atoms with Crippen LogP contribution in [0.25, 0.3) is 11.1 Å². The SMILES string of the molecule is CC(C)Cc1ccc(-c2ccccc2O)c(O)c1CC(C)C. The summed E-state index contributed by atoms with van der Waals surface area (Å²) in [6.07, 6.45) is 1.80. The lowest BCUT2D eigenvalue weighted by Crippen LogP contribution is -2.04. The van der Waals surface area contributed by atoms with E-state index in [9.17, 15) is 10.2 Å². The Bertz CT molecular complexity index is 642. The van der Waals surface area contributed by atoms with E-state index in [0.717, 1.165) is 18.4 Å². The topological polar surface area (TPSA) is 40.5 Å². The first-order valence-electron chi connectivity index (χ1n) is 8.02. The van der Waals surface area contributed by atoms with E-state index in [1.54, 1.807) is 12.1 Å². The van der Waals surface area contributed by atoms with Gasteiger partial charge < -0.3 is 10.2 Å². The molecule has 2 nitrogen and oxygen atoms in total. The smallest absolute Gasteiger partial charge is 0.127 e. The molecule has 0 saturated heterocycles. The van der Waals surface area contributed by atoms with Gasteiger partial charge in [-0.2, -0.15) is 0 Å². The summed E-state index contributed by atoms with van der Waals surface area (Å²) in [7, 11) is 0. The highest BCUT2D eigenvalue weighted by Crippen LogP contribution is 2.39. The van der Waals surface area contributed by atoms with Crippen LogP contribution in [0.1, 0.15) is 38.8 Å². The number of benzene rings is 2. The van der Waals surface area contributed by atoms with Crippen LogP contribution in [-0.4, -0.2) is 10.2 Å². The first kappa shape index (κ1) is 16.4. The van der Waals surface area contributed by atoms with Crippen molar-refractivity contribution in [3.05, 3.63) is 47.5 Å². The zero-order valence-electron chi connectivity index (χ0n) is 13.9. The predicted octanol–water partition coefficient (Wildman–Crippen LogP) is 5.16. The highest BCUT2D eigenvalue weighted by molar-refractivity contribution is 5.77. The first-order chi connectivity index (χ1) is 10.4. The highest BCUT2D eigenvalue weighted by Gasteiger charge is 2.17.